The minimum atomic E-state index is -4.38. The summed E-state index contributed by atoms with van der Waals surface area (Å²) in [6.07, 6.45) is -0.288. The Bertz CT molecular complexity index is 1620. The Labute approximate surface area is 200 Å². The van der Waals surface area contributed by atoms with Crippen molar-refractivity contribution in [2.45, 2.75) is 12.1 Å². The van der Waals surface area contributed by atoms with Crippen LogP contribution >= 0.6 is 0 Å². The van der Waals surface area contributed by atoms with Gasteiger partial charge in [0.2, 0.25) is 0 Å². The molecule has 4 aromatic carbocycles. The number of H-pyrrole nitrogens is 1. The fourth-order valence-electron chi connectivity index (χ4n) is 4.96. The molecule has 0 saturated heterocycles. The van der Waals surface area contributed by atoms with Gasteiger partial charge in [-0.05, 0) is 53.1 Å². The SMILES string of the molecule is FC(F)(F)c1ccc(C(c2c[nH]c3ccccc23)c2cn(-c3ccccc3)c3ccccc23)cc1. The molecule has 1 unspecified atom stereocenters. The largest absolute Gasteiger partial charge is 0.416 e. The van der Waals surface area contributed by atoms with E-state index in [0.29, 0.717) is 0 Å². The van der Waals surface area contributed by atoms with Crippen molar-refractivity contribution in [3.05, 3.63) is 138 Å². The average molecular weight is 467 g/mol. The smallest absolute Gasteiger partial charge is 0.361 e. The van der Waals surface area contributed by atoms with Gasteiger partial charge in [-0.2, -0.15) is 13.2 Å². The van der Waals surface area contributed by atoms with Crippen LogP contribution in [-0.2, 0) is 6.18 Å². The summed E-state index contributed by atoms with van der Waals surface area (Å²) < 4.78 is 42.1. The number of aromatic amines is 1. The van der Waals surface area contributed by atoms with E-state index in [4.69, 9.17) is 0 Å². The number of nitrogens with one attached hydrogen (secondary N) is 1. The number of benzene rings is 4. The van der Waals surface area contributed by atoms with Gasteiger partial charge in [0.15, 0.2) is 0 Å². The number of rotatable bonds is 4. The molecule has 0 fully saturated rings. The van der Waals surface area contributed by atoms with E-state index in [9.17, 15) is 13.2 Å². The number of alkyl halides is 3. The molecule has 0 bridgehead atoms. The van der Waals surface area contributed by atoms with E-state index in [0.717, 1.165) is 44.2 Å². The summed E-state index contributed by atoms with van der Waals surface area (Å²) in [5, 5.41) is 2.11. The third kappa shape index (κ3) is 3.69. The second-order valence-corrected chi connectivity index (χ2v) is 8.65. The van der Waals surface area contributed by atoms with Crippen LogP contribution in [-0.4, -0.2) is 9.55 Å². The van der Waals surface area contributed by atoms with Gasteiger partial charge in [-0.25, -0.2) is 0 Å². The first-order chi connectivity index (χ1) is 17.0. The summed E-state index contributed by atoms with van der Waals surface area (Å²) in [5.74, 6) is -0.261. The molecular weight excluding hydrogens is 445 g/mol. The number of aromatic nitrogens is 2. The lowest BCUT2D eigenvalue weighted by atomic mass is 9.84. The maximum absolute atomic E-state index is 13.3. The molecule has 0 aliphatic heterocycles. The first kappa shape index (κ1) is 21.3. The van der Waals surface area contributed by atoms with Crippen LogP contribution < -0.4 is 0 Å². The number of para-hydroxylation sites is 3. The van der Waals surface area contributed by atoms with Crippen molar-refractivity contribution in [1.29, 1.82) is 0 Å². The second-order valence-electron chi connectivity index (χ2n) is 8.65. The van der Waals surface area contributed by atoms with E-state index in [1.54, 1.807) is 12.1 Å². The van der Waals surface area contributed by atoms with Gasteiger partial charge in [-0.3, -0.25) is 0 Å². The van der Waals surface area contributed by atoms with Crippen molar-refractivity contribution in [3.8, 4) is 5.69 Å². The summed E-state index contributed by atoms with van der Waals surface area (Å²) in [7, 11) is 0. The molecule has 0 saturated carbocycles. The molecule has 0 aliphatic carbocycles. The minimum absolute atomic E-state index is 0.261. The highest BCUT2D eigenvalue weighted by Crippen LogP contribution is 2.41. The molecule has 0 amide bonds. The summed E-state index contributed by atoms with van der Waals surface area (Å²) in [4.78, 5) is 3.34. The maximum Gasteiger partial charge on any atom is 0.416 e. The molecule has 0 aliphatic rings. The topological polar surface area (TPSA) is 20.7 Å². The summed E-state index contributed by atoms with van der Waals surface area (Å²) in [5.41, 5.74) is 5.28. The number of halogens is 3. The molecule has 6 rings (SSSR count). The Kier molecular flexibility index (Phi) is 4.99. The van der Waals surface area contributed by atoms with Crippen molar-refractivity contribution < 1.29 is 13.2 Å². The third-order valence-corrected chi connectivity index (χ3v) is 6.59. The zero-order valence-corrected chi connectivity index (χ0v) is 18.6. The lowest BCUT2D eigenvalue weighted by Gasteiger charge is -2.18. The molecule has 0 radical (unpaired) electrons. The summed E-state index contributed by atoms with van der Waals surface area (Å²) in [6, 6.07) is 31.8. The van der Waals surface area contributed by atoms with Crippen LogP contribution in [0.3, 0.4) is 0 Å². The Morgan fingerprint density at radius 2 is 1.31 bits per heavy atom. The molecular formula is C30H21F3N2. The monoisotopic (exact) mass is 466 g/mol. The molecule has 1 N–H and O–H groups in total. The van der Waals surface area contributed by atoms with E-state index >= 15 is 0 Å². The molecule has 2 aromatic heterocycles. The standard InChI is InChI=1S/C30H21F3N2/c31-30(32,33)21-16-14-20(15-17-21)29(25-18-34-27-12-6-4-10-23(25)27)26-19-35(22-8-2-1-3-9-22)28-13-7-5-11-24(26)28/h1-19,29,34H. The van der Waals surface area contributed by atoms with E-state index in [1.165, 1.54) is 12.1 Å². The van der Waals surface area contributed by atoms with Gasteiger partial charge < -0.3 is 9.55 Å². The van der Waals surface area contributed by atoms with Crippen LogP contribution in [0.5, 0.6) is 0 Å². The number of hydrogen-bond donors (Lipinski definition) is 1. The zero-order valence-electron chi connectivity index (χ0n) is 18.6. The minimum Gasteiger partial charge on any atom is -0.361 e. The van der Waals surface area contributed by atoms with E-state index in [2.05, 4.69) is 46.1 Å². The van der Waals surface area contributed by atoms with Gasteiger partial charge in [-0.15, -0.1) is 0 Å². The van der Waals surface area contributed by atoms with Crippen LogP contribution in [0.4, 0.5) is 13.2 Å². The normalized spacial score (nSPS) is 12.9. The number of hydrogen-bond acceptors (Lipinski definition) is 0. The van der Waals surface area contributed by atoms with Crippen molar-refractivity contribution in [1.82, 2.24) is 9.55 Å². The highest BCUT2D eigenvalue weighted by molar-refractivity contribution is 5.90. The average Bonchev–Trinajstić information content (AvgIpc) is 3.47. The predicted molar refractivity (Wildman–Crippen MR) is 134 cm³/mol. The predicted octanol–water partition coefficient (Wildman–Crippen LogP) is 8.31. The molecule has 172 valence electrons. The van der Waals surface area contributed by atoms with E-state index < -0.39 is 11.7 Å². The zero-order chi connectivity index (χ0) is 24.0. The molecule has 2 nitrogen and oxygen atoms in total. The summed E-state index contributed by atoms with van der Waals surface area (Å²) >= 11 is 0. The molecule has 1 atom stereocenters. The molecule has 2 heterocycles. The highest BCUT2D eigenvalue weighted by Gasteiger charge is 2.31. The second kappa shape index (κ2) is 8.20. The lowest BCUT2D eigenvalue weighted by molar-refractivity contribution is -0.137. The van der Waals surface area contributed by atoms with Crippen LogP contribution in [0.2, 0.25) is 0 Å². The van der Waals surface area contributed by atoms with Gasteiger partial charge >= 0.3 is 6.18 Å². The fraction of sp³-hybridized carbons (Fsp3) is 0.0667. The van der Waals surface area contributed by atoms with E-state index in [1.807, 2.05) is 54.7 Å². The van der Waals surface area contributed by atoms with Crippen molar-refractivity contribution in [2.24, 2.45) is 0 Å². The Morgan fingerprint density at radius 3 is 2.06 bits per heavy atom. The Morgan fingerprint density at radius 1 is 0.657 bits per heavy atom. The number of fused-ring (bicyclic) bond motifs is 2. The van der Waals surface area contributed by atoms with Gasteiger partial charge in [0.1, 0.15) is 0 Å². The lowest BCUT2D eigenvalue weighted by Crippen LogP contribution is -2.07. The van der Waals surface area contributed by atoms with Crippen LogP contribution in [0, 0.1) is 0 Å². The van der Waals surface area contributed by atoms with E-state index in [-0.39, 0.29) is 5.92 Å². The van der Waals surface area contributed by atoms with Gasteiger partial charge in [-0.1, -0.05) is 66.7 Å². The first-order valence-corrected chi connectivity index (χ1v) is 11.4. The summed E-state index contributed by atoms with van der Waals surface area (Å²) in [6.45, 7) is 0. The first-order valence-electron chi connectivity index (χ1n) is 11.4. The van der Waals surface area contributed by atoms with Crippen LogP contribution in [0.25, 0.3) is 27.5 Å². The van der Waals surface area contributed by atoms with Crippen LogP contribution in [0.15, 0.2) is 116 Å². The van der Waals surface area contributed by atoms with Crippen molar-refractivity contribution in [3.63, 3.8) is 0 Å². The van der Waals surface area contributed by atoms with Crippen LogP contribution in [0.1, 0.15) is 28.2 Å². The molecule has 6 aromatic rings. The van der Waals surface area contributed by atoms with Gasteiger partial charge in [0.25, 0.3) is 0 Å². The molecule has 0 spiro atoms. The molecule has 5 heteroatoms. The number of nitrogens with zero attached hydrogens (tertiary/aromatic N) is 1. The maximum atomic E-state index is 13.3. The molecule has 35 heavy (non-hydrogen) atoms. The van der Waals surface area contributed by atoms with Gasteiger partial charge in [0, 0.05) is 40.3 Å². The van der Waals surface area contributed by atoms with Crippen molar-refractivity contribution in [2.75, 3.05) is 0 Å². The third-order valence-electron chi connectivity index (χ3n) is 6.59. The Balaban J connectivity index is 1.62. The fourth-order valence-corrected chi connectivity index (χ4v) is 4.96. The Hall–Kier alpha value is -4.25. The quantitative estimate of drug-likeness (QED) is 0.270. The van der Waals surface area contributed by atoms with Gasteiger partial charge in [0.05, 0.1) is 11.1 Å². The highest BCUT2D eigenvalue weighted by atomic mass is 19.4. The van der Waals surface area contributed by atoms with Crippen molar-refractivity contribution >= 4 is 21.8 Å².